The molecule has 6 heteroatoms. The van der Waals surface area contributed by atoms with Gasteiger partial charge in [0, 0.05) is 13.1 Å². The van der Waals surface area contributed by atoms with Crippen molar-refractivity contribution in [2.75, 3.05) is 18.8 Å². The number of rotatable bonds is 6. The molecule has 2 amide bonds. The Morgan fingerprint density at radius 3 is 2.61 bits per heavy atom. The smallest absolute Gasteiger partial charge is 0.314 e. The topological polar surface area (TPSA) is 75.3 Å². The zero-order valence-electron chi connectivity index (χ0n) is 13.6. The van der Waals surface area contributed by atoms with E-state index in [1.54, 1.807) is 30.3 Å². The molecule has 0 aliphatic heterocycles. The van der Waals surface area contributed by atoms with Crippen LogP contribution in [-0.2, 0) is 9.84 Å². The summed E-state index contributed by atoms with van der Waals surface area (Å²) in [4.78, 5) is 12.1. The number of nitrogens with one attached hydrogen (secondary N) is 2. The fraction of sp³-hybridized carbons (Fsp3) is 0.588. The first-order valence-corrected chi connectivity index (χ1v) is 9.92. The highest BCUT2D eigenvalue weighted by Crippen LogP contribution is 2.27. The number of benzene rings is 1. The molecule has 128 valence electrons. The summed E-state index contributed by atoms with van der Waals surface area (Å²) in [6, 6.07) is 8.01. The first kappa shape index (κ1) is 17.8. The van der Waals surface area contributed by atoms with Crippen molar-refractivity contribution in [2.24, 2.45) is 11.8 Å². The zero-order chi connectivity index (χ0) is 16.7. The summed E-state index contributed by atoms with van der Waals surface area (Å²) in [5.74, 6) is 1.18. The van der Waals surface area contributed by atoms with Gasteiger partial charge in [-0.15, -0.1) is 0 Å². The number of hydrogen-bond donors (Lipinski definition) is 2. The van der Waals surface area contributed by atoms with Crippen LogP contribution in [0.1, 0.15) is 32.6 Å². The van der Waals surface area contributed by atoms with E-state index in [0.29, 0.717) is 17.4 Å². The molecule has 0 aromatic heterocycles. The van der Waals surface area contributed by atoms with Crippen molar-refractivity contribution in [3.05, 3.63) is 30.3 Å². The average molecular weight is 338 g/mol. The number of carbonyl (C=O) groups excluding carboxylic acids is 1. The van der Waals surface area contributed by atoms with E-state index >= 15 is 0 Å². The van der Waals surface area contributed by atoms with Gasteiger partial charge in [0.2, 0.25) is 0 Å². The molecule has 0 bridgehead atoms. The van der Waals surface area contributed by atoms with E-state index in [-0.39, 0.29) is 18.3 Å². The predicted octanol–water partition coefficient (Wildman–Crippen LogP) is 2.59. The van der Waals surface area contributed by atoms with Gasteiger partial charge in [-0.1, -0.05) is 38.0 Å². The van der Waals surface area contributed by atoms with Crippen LogP contribution < -0.4 is 10.6 Å². The lowest BCUT2D eigenvalue weighted by atomic mass is 9.82. The number of amides is 2. The number of carbonyl (C=O) groups is 1. The molecule has 2 unspecified atom stereocenters. The van der Waals surface area contributed by atoms with Crippen molar-refractivity contribution in [2.45, 2.75) is 37.5 Å². The second-order valence-electron chi connectivity index (χ2n) is 6.41. The van der Waals surface area contributed by atoms with Gasteiger partial charge < -0.3 is 10.6 Å². The molecular weight excluding hydrogens is 312 g/mol. The molecule has 5 nitrogen and oxygen atoms in total. The first-order valence-electron chi connectivity index (χ1n) is 8.27. The molecule has 0 spiro atoms. The Bertz CT molecular complexity index is 602. The number of hydrogen-bond acceptors (Lipinski definition) is 3. The molecule has 2 atom stereocenters. The molecule has 0 radical (unpaired) electrons. The van der Waals surface area contributed by atoms with Crippen LogP contribution in [0.25, 0.3) is 0 Å². The van der Waals surface area contributed by atoms with E-state index in [1.165, 1.54) is 12.8 Å². The average Bonchev–Trinajstić information content (AvgIpc) is 2.54. The zero-order valence-corrected chi connectivity index (χ0v) is 14.4. The standard InChI is InChI=1S/C17H26N2O3S/c1-14-6-5-7-15(12-14)13-19-17(20)18-10-11-23(21,22)16-8-3-2-4-9-16/h2-4,8-9,14-15H,5-7,10-13H2,1H3,(H2,18,19,20). The SMILES string of the molecule is CC1CCCC(CNC(=O)NCCS(=O)(=O)c2ccccc2)C1. The molecular formula is C17H26N2O3S. The molecule has 0 saturated heterocycles. The van der Waals surface area contributed by atoms with E-state index < -0.39 is 9.84 Å². The maximum absolute atomic E-state index is 12.1. The molecule has 1 fully saturated rings. The molecule has 2 rings (SSSR count). The third-order valence-electron chi connectivity index (χ3n) is 4.35. The van der Waals surface area contributed by atoms with Crippen LogP contribution in [0.4, 0.5) is 4.79 Å². The second-order valence-corrected chi connectivity index (χ2v) is 8.52. The van der Waals surface area contributed by atoms with Crippen LogP contribution in [0.15, 0.2) is 35.2 Å². The quantitative estimate of drug-likeness (QED) is 0.837. The molecule has 2 N–H and O–H groups in total. The van der Waals surface area contributed by atoms with E-state index in [1.807, 2.05) is 0 Å². The van der Waals surface area contributed by atoms with Crippen LogP contribution in [0.2, 0.25) is 0 Å². The molecule has 23 heavy (non-hydrogen) atoms. The Balaban J connectivity index is 1.68. The highest BCUT2D eigenvalue weighted by atomic mass is 32.2. The third kappa shape index (κ3) is 5.86. The molecule has 1 saturated carbocycles. The lowest BCUT2D eigenvalue weighted by Crippen LogP contribution is -2.40. The molecule has 1 aliphatic carbocycles. The van der Waals surface area contributed by atoms with E-state index in [0.717, 1.165) is 18.8 Å². The number of urea groups is 1. The normalized spacial score (nSPS) is 21.6. The lowest BCUT2D eigenvalue weighted by molar-refractivity contribution is 0.231. The molecule has 1 aromatic rings. The van der Waals surface area contributed by atoms with Gasteiger partial charge in [0.1, 0.15) is 0 Å². The minimum Gasteiger partial charge on any atom is -0.338 e. The van der Waals surface area contributed by atoms with Crippen LogP contribution in [0.3, 0.4) is 0 Å². The predicted molar refractivity (Wildman–Crippen MR) is 91.0 cm³/mol. The lowest BCUT2D eigenvalue weighted by Gasteiger charge is -2.26. The summed E-state index contributed by atoms with van der Waals surface area (Å²) in [6.07, 6.45) is 4.82. The van der Waals surface area contributed by atoms with Crippen LogP contribution in [-0.4, -0.2) is 33.3 Å². The van der Waals surface area contributed by atoms with Crippen molar-refractivity contribution in [1.29, 1.82) is 0 Å². The van der Waals surface area contributed by atoms with Gasteiger partial charge in [-0.3, -0.25) is 0 Å². The van der Waals surface area contributed by atoms with Crippen molar-refractivity contribution < 1.29 is 13.2 Å². The fourth-order valence-corrected chi connectivity index (χ4v) is 4.27. The summed E-state index contributed by atoms with van der Waals surface area (Å²) < 4.78 is 24.2. The minimum atomic E-state index is -3.34. The van der Waals surface area contributed by atoms with Crippen LogP contribution in [0, 0.1) is 11.8 Å². The van der Waals surface area contributed by atoms with Gasteiger partial charge in [-0.05, 0) is 36.8 Å². The number of sulfone groups is 1. The fourth-order valence-electron chi connectivity index (χ4n) is 3.09. The van der Waals surface area contributed by atoms with Crippen molar-refractivity contribution in [1.82, 2.24) is 10.6 Å². The summed E-state index contributed by atoms with van der Waals surface area (Å²) in [6.45, 7) is 3.03. The Morgan fingerprint density at radius 1 is 1.17 bits per heavy atom. The summed E-state index contributed by atoms with van der Waals surface area (Å²) in [5.41, 5.74) is 0. The van der Waals surface area contributed by atoms with Gasteiger partial charge in [-0.2, -0.15) is 0 Å². The van der Waals surface area contributed by atoms with E-state index in [2.05, 4.69) is 17.6 Å². The van der Waals surface area contributed by atoms with Crippen molar-refractivity contribution in [3.8, 4) is 0 Å². The van der Waals surface area contributed by atoms with E-state index in [4.69, 9.17) is 0 Å². The Morgan fingerprint density at radius 2 is 1.91 bits per heavy atom. The van der Waals surface area contributed by atoms with Crippen molar-refractivity contribution in [3.63, 3.8) is 0 Å². The molecule has 0 heterocycles. The van der Waals surface area contributed by atoms with Crippen LogP contribution in [0.5, 0.6) is 0 Å². The maximum Gasteiger partial charge on any atom is 0.314 e. The summed E-state index contributed by atoms with van der Waals surface area (Å²) in [5, 5.41) is 5.48. The van der Waals surface area contributed by atoms with Gasteiger partial charge in [0.15, 0.2) is 9.84 Å². The van der Waals surface area contributed by atoms with Gasteiger partial charge in [0.05, 0.1) is 10.6 Å². The largest absolute Gasteiger partial charge is 0.338 e. The monoisotopic (exact) mass is 338 g/mol. The summed E-state index contributed by atoms with van der Waals surface area (Å²) in [7, 11) is -3.34. The van der Waals surface area contributed by atoms with Gasteiger partial charge >= 0.3 is 6.03 Å². The first-order chi connectivity index (χ1) is 11.0. The molecule has 1 aromatic carbocycles. The van der Waals surface area contributed by atoms with Crippen molar-refractivity contribution >= 4 is 15.9 Å². The second kappa shape index (κ2) is 8.34. The van der Waals surface area contributed by atoms with Crippen LogP contribution >= 0.6 is 0 Å². The Hall–Kier alpha value is -1.56. The summed E-state index contributed by atoms with van der Waals surface area (Å²) >= 11 is 0. The maximum atomic E-state index is 12.1. The third-order valence-corrected chi connectivity index (χ3v) is 6.09. The van der Waals surface area contributed by atoms with E-state index in [9.17, 15) is 13.2 Å². The van der Waals surface area contributed by atoms with Gasteiger partial charge in [-0.25, -0.2) is 13.2 Å². The Labute approximate surface area is 138 Å². The minimum absolute atomic E-state index is 0.0924. The highest BCUT2D eigenvalue weighted by molar-refractivity contribution is 7.91. The van der Waals surface area contributed by atoms with Gasteiger partial charge in [0.25, 0.3) is 0 Å². The molecule has 1 aliphatic rings. The Kier molecular flexibility index (Phi) is 6.45. The highest BCUT2D eigenvalue weighted by Gasteiger charge is 2.19.